The summed E-state index contributed by atoms with van der Waals surface area (Å²) in [7, 11) is 0. The van der Waals surface area contributed by atoms with Gasteiger partial charge in [0, 0.05) is 12.2 Å². The summed E-state index contributed by atoms with van der Waals surface area (Å²) < 4.78 is 10.9. The summed E-state index contributed by atoms with van der Waals surface area (Å²) in [4.78, 5) is 16.4. The highest BCUT2D eigenvalue weighted by Crippen LogP contribution is 2.20. The van der Waals surface area contributed by atoms with E-state index in [-0.39, 0.29) is 5.97 Å². The molecule has 21 heavy (non-hydrogen) atoms. The van der Waals surface area contributed by atoms with Gasteiger partial charge in [-0.3, -0.25) is 4.98 Å². The van der Waals surface area contributed by atoms with E-state index in [0.29, 0.717) is 25.3 Å². The maximum absolute atomic E-state index is 11.9. The highest BCUT2D eigenvalue weighted by atomic mass is 16.6. The molecule has 118 valence electrons. The van der Waals surface area contributed by atoms with Crippen LogP contribution >= 0.6 is 0 Å². The number of rotatable bonds is 9. The predicted molar refractivity (Wildman–Crippen MR) is 82.3 cm³/mol. The average molecular weight is 294 g/mol. The summed E-state index contributed by atoms with van der Waals surface area (Å²) in [5, 5.41) is 3.23. The molecule has 0 aliphatic heterocycles. The minimum Gasteiger partial charge on any atom is -0.477 e. The van der Waals surface area contributed by atoms with Gasteiger partial charge in [-0.05, 0) is 38.9 Å². The smallest absolute Gasteiger partial charge is 0.347 e. The molecule has 0 spiro atoms. The van der Waals surface area contributed by atoms with Crippen molar-refractivity contribution < 1.29 is 14.3 Å². The maximum atomic E-state index is 11.9. The summed E-state index contributed by atoms with van der Waals surface area (Å²) >= 11 is 0. The number of hydrogen-bond acceptors (Lipinski definition) is 5. The molecule has 1 N–H and O–H groups in total. The lowest BCUT2D eigenvalue weighted by molar-refractivity contribution is -0.151. The van der Waals surface area contributed by atoms with Crippen molar-refractivity contribution >= 4 is 5.97 Å². The Balaban J connectivity index is 2.88. The summed E-state index contributed by atoms with van der Waals surface area (Å²) in [6.45, 7) is 9.62. The highest BCUT2D eigenvalue weighted by molar-refractivity contribution is 5.75. The van der Waals surface area contributed by atoms with E-state index in [1.54, 1.807) is 6.92 Å². The number of esters is 1. The minimum absolute atomic E-state index is 0.311. The van der Waals surface area contributed by atoms with E-state index in [4.69, 9.17) is 9.47 Å². The molecule has 0 aliphatic rings. The number of nitrogens with zero attached hydrogens (tertiary/aromatic N) is 1. The Morgan fingerprint density at radius 1 is 1.33 bits per heavy atom. The van der Waals surface area contributed by atoms with Gasteiger partial charge in [-0.2, -0.15) is 0 Å². The van der Waals surface area contributed by atoms with E-state index in [1.807, 2.05) is 32.9 Å². The van der Waals surface area contributed by atoms with E-state index in [0.717, 1.165) is 24.4 Å². The van der Waals surface area contributed by atoms with Gasteiger partial charge in [0.25, 0.3) is 0 Å². The lowest BCUT2D eigenvalue weighted by Gasteiger charge is -2.19. The quantitative estimate of drug-likeness (QED) is 0.709. The second-order valence-electron chi connectivity index (χ2n) is 4.83. The average Bonchev–Trinajstić information content (AvgIpc) is 2.47. The van der Waals surface area contributed by atoms with Crippen LogP contribution in [0.2, 0.25) is 0 Å². The van der Waals surface area contributed by atoms with Gasteiger partial charge in [-0.25, -0.2) is 4.79 Å². The monoisotopic (exact) mass is 294 g/mol. The fourth-order valence-corrected chi connectivity index (χ4v) is 1.95. The van der Waals surface area contributed by atoms with Gasteiger partial charge < -0.3 is 14.8 Å². The molecule has 1 rings (SSSR count). The molecule has 0 aromatic carbocycles. The van der Waals surface area contributed by atoms with Gasteiger partial charge in [-0.15, -0.1) is 0 Å². The van der Waals surface area contributed by atoms with Crippen molar-refractivity contribution in [3.8, 4) is 5.75 Å². The number of aryl methyl sites for hydroxylation is 1. The Labute approximate surface area is 127 Å². The molecule has 1 aromatic heterocycles. The zero-order chi connectivity index (χ0) is 15.7. The van der Waals surface area contributed by atoms with Crippen molar-refractivity contribution in [1.29, 1.82) is 0 Å². The third kappa shape index (κ3) is 5.71. The van der Waals surface area contributed by atoms with E-state index >= 15 is 0 Å². The number of nitrogens with one attached hydrogen (secondary N) is 1. The molecule has 5 nitrogen and oxygen atoms in total. The number of carbonyl (C=O) groups is 1. The highest BCUT2D eigenvalue weighted by Gasteiger charge is 2.22. The van der Waals surface area contributed by atoms with Crippen LogP contribution in [0.3, 0.4) is 0 Å². The van der Waals surface area contributed by atoms with Gasteiger partial charge in [0.2, 0.25) is 0 Å². The van der Waals surface area contributed by atoms with Crippen molar-refractivity contribution in [3.05, 3.63) is 23.5 Å². The molecule has 0 aliphatic carbocycles. The van der Waals surface area contributed by atoms with Crippen LogP contribution in [0.5, 0.6) is 5.75 Å². The molecule has 1 atom stereocenters. The van der Waals surface area contributed by atoms with Crippen LogP contribution in [0, 0.1) is 6.92 Å². The number of aromatic nitrogens is 1. The molecule has 1 aromatic rings. The number of ether oxygens (including phenoxy) is 2. The lowest BCUT2D eigenvalue weighted by atomic mass is 10.2. The molecule has 0 saturated carbocycles. The first kappa shape index (κ1) is 17.4. The fraction of sp³-hybridized carbons (Fsp3) is 0.625. The van der Waals surface area contributed by atoms with Crippen molar-refractivity contribution in [1.82, 2.24) is 10.3 Å². The Hall–Kier alpha value is -1.62. The number of carbonyl (C=O) groups excluding carboxylic acids is 1. The molecule has 1 unspecified atom stereocenters. The van der Waals surface area contributed by atoms with E-state index < -0.39 is 6.10 Å². The summed E-state index contributed by atoms with van der Waals surface area (Å²) in [6, 6.07) is 3.76. The van der Waals surface area contributed by atoms with Crippen molar-refractivity contribution in [2.24, 2.45) is 0 Å². The fourth-order valence-electron chi connectivity index (χ4n) is 1.95. The zero-order valence-electron chi connectivity index (χ0n) is 13.4. The van der Waals surface area contributed by atoms with E-state index in [9.17, 15) is 4.79 Å². The molecule has 0 radical (unpaired) electrons. The molecular weight excluding hydrogens is 268 g/mol. The number of pyridine rings is 1. The van der Waals surface area contributed by atoms with Crippen LogP contribution in [0.25, 0.3) is 0 Å². The first-order valence-electron chi connectivity index (χ1n) is 7.62. The maximum Gasteiger partial charge on any atom is 0.347 e. The SMILES string of the molecule is CCCC(Oc1ccc(C)nc1CNCC)C(=O)OCC. The first-order valence-corrected chi connectivity index (χ1v) is 7.62. The largest absolute Gasteiger partial charge is 0.477 e. The van der Waals surface area contributed by atoms with Crippen LogP contribution < -0.4 is 10.1 Å². The third-order valence-electron chi connectivity index (χ3n) is 2.98. The number of hydrogen-bond donors (Lipinski definition) is 1. The molecule has 0 saturated heterocycles. The summed E-state index contributed by atoms with van der Waals surface area (Å²) in [5.74, 6) is 0.336. The van der Waals surface area contributed by atoms with Gasteiger partial charge in [-0.1, -0.05) is 20.3 Å². The zero-order valence-corrected chi connectivity index (χ0v) is 13.4. The van der Waals surface area contributed by atoms with E-state index in [2.05, 4.69) is 10.3 Å². The van der Waals surface area contributed by atoms with Crippen molar-refractivity contribution in [2.45, 2.75) is 53.2 Å². The predicted octanol–water partition coefficient (Wildman–Crippen LogP) is 2.61. The van der Waals surface area contributed by atoms with Crippen LogP contribution in [0.1, 0.15) is 45.0 Å². The minimum atomic E-state index is -0.570. The lowest BCUT2D eigenvalue weighted by Crippen LogP contribution is -2.30. The van der Waals surface area contributed by atoms with Gasteiger partial charge in [0.15, 0.2) is 6.10 Å². The van der Waals surface area contributed by atoms with Gasteiger partial charge in [0.05, 0.1) is 12.3 Å². The molecule has 0 amide bonds. The van der Waals surface area contributed by atoms with Crippen LogP contribution in [0.15, 0.2) is 12.1 Å². The Kier molecular flexibility index (Phi) is 7.75. The molecule has 0 fully saturated rings. The van der Waals surface area contributed by atoms with Gasteiger partial charge in [0.1, 0.15) is 5.75 Å². The molecule has 1 heterocycles. The summed E-state index contributed by atoms with van der Waals surface area (Å²) in [5.41, 5.74) is 1.75. The molecular formula is C16H26N2O3. The summed E-state index contributed by atoms with van der Waals surface area (Å²) in [6.07, 6.45) is 0.915. The first-order chi connectivity index (χ1) is 10.1. The van der Waals surface area contributed by atoms with E-state index in [1.165, 1.54) is 0 Å². The second kappa shape index (κ2) is 9.34. The molecule has 0 bridgehead atoms. The van der Waals surface area contributed by atoms with Crippen LogP contribution in [-0.4, -0.2) is 30.2 Å². The van der Waals surface area contributed by atoms with Gasteiger partial charge >= 0.3 is 5.97 Å². The second-order valence-corrected chi connectivity index (χ2v) is 4.83. The Bertz CT molecular complexity index is 449. The molecule has 5 heteroatoms. The standard InChI is InChI=1S/C16H26N2O3/c1-5-8-15(16(19)20-7-3)21-14-10-9-12(4)18-13(14)11-17-6-2/h9-10,15,17H,5-8,11H2,1-4H3. The van der Waals surface area contributed by atoms with Crippen LogP contribution in [0.4, 0.5) is 0 Å². The third-order valence-corrected chi connectivity index (χ3v) is 2.98. The Morgan fingerprint density at radius 3 is 2.71 bits per heavy atom. The van der Waals surface area contributed by atoms with Crippen molar-refractivity contribution in [3.63, 3.8) is 0 Å². The Morgan fingerprint density at radius 2 is 2.10 bits per heavy atom. The van der Waals surface area contributed by atoms with Crippen LogP contribution in [-0.2, 0) is 16.1 Å². The normalized spacial score (nSPS) is 12.0. The van der Waals surface area contributed by atoms with Crippen molar-refractivity contribution in [2.75, 3.05) is 13.2 Å². The topological polar surface area (TPSA) is 60.5 Å².